The summed E-state index contributed by atoms with van der Waals surface area (Å²) in [6, 6.07) is 61.8. The molecule has 0 aliphatic heterocycles. The minimum absolute atomic E-state index is 0.558. The lowest BCUT2D eigenvalue weighted by Gasteiger charge is -2.12. The maximum Gasteiger partial charge on any atom is 0.135 e. The van der Waals surface area contributed by atoms with E-state index in [9.17, 15) is 0 Å². The molecule has 5 heteroatoms. The number of para-hydroxylation sites is 1. The summed E-state index contributed by atoms with van der Waals surface area (Å²) >= 11 is 1.85. The Balaban J connectivity index is 0.000000144. The van der Waals surface area contributed by atoms with E-state index < -0.39 is 0 Å². The van der Waals surface area contributed by atoms with Gasteiger partial charge in [-0.2, -0.15) is 0 Å². The molecule has 0 spiro atoms. The predicted molar refractivity (Wildman–Crippen MR) is 247 cm³/mol. The Morgan fingerprint density at radius 2 is 1.09 bits per heavy atom. The Kier molecular flexibility index (Phi) is 9.69. The first-order valence-corrected chi connectivity index (χ1v) is 20.0. The molecule has 0 aliphatic carbocycles. The second kappa shape index (κ2) is 15.4. The van der Waals surface area contributed by atoms with Gasteiger partial charge in [-0.15, -0.1) is 11.3 Å². The molecule has 0 fully saturated rings. The number of nitrogens with two attached hydrogens (primary N) is 2. The van der Waals surface area contributed by atoms with Crippen LogP contribution in [0.15, 0.2) is 185 Å². The van der Waals surface area contributed by atoms with Gasteiger partial charge in [0.1, 0.15) is 17.0 Å². The fraction of sp³-hybridized carbons (Fsp3) is 0.0577. The van der Waals surface area contributed by atoms with E-state index in [-0.39, 0.29) is 0 Å². The number of rotatable bonds is 3. The lowest BCUT2D eigenvalue weighted by atomic mass is 9.92. The number of fused-ring (bicyclic) bond motifs is 12. The molecule has 57 heavy (non-hydrogen) atoms. The number of aliphatic imine (C=N–C) groups is 1. The second-order valence-corrected chi connectivity index (χ2v) is 15.3. The van der Waals surface area contributed by atoms with E-state index in [1.165, 1.54) is 85.5 Å². The third kappa shape index (κ3) is 6.78. The zero-order valence-electron chi connectivity index (χ0n) is 31.9. The van der Waals surface area contributed by atoms with Crippen LogP contribution in [0, 0.1) is 6.92 Å². The van der Waals surface area contributed by atoms with Crippen LogP contribution in [0.3, 0.4) is 0 Å². The molecule has 0 bridgehead atoms. The van der Waals surface area contributed by atoms with Gasteiger partial charge in [0, 0.05) is 50.1 Å². The Bertz CT molecular complexity index is 3230. The average molecular weight is 756 g/mol. The first-order valence-electron chi connectivity index (χ1n) is 19.1. The third-order valence-electron chi connectivity index (χ3n) is 10.7. The normalized spacial score (nSPS) is 11.7. The van der Waals surface area contributed by atoms with Crippen molar-refractivity contribution in [3.8, 4) is 11.1 Å². The van der Waals surface area contributed by atoms with Crippen LogP contribution in [0.25, 0.3) is 85.6 Å². The largest absolute Gasteiger partial charge is 0.456 e. The van der Waals surface area contributed by atoms with E-state index >= 15 is 0 Å². The van der Waals surface area contributed by atoms with Crippen LogP contribution in [0.4, 0.5) is 0 Å². The van der Waals surface area contributed by atoms with Crippen molar-refractivity contribution >= 4 is 91.6 Å². The summed E-state index contributed by atoms with van der Waals surface area (Å²) in [6.45, 7) is 2.66. The minimum atomic E-state index is 0.558. The SMILES string of the molecule is CN=C(N)c1ccccc1.Cc1ccc2oc3ccccc3c2c1.NCc1cccc2sc3ccc(-c4ccc5c6ccccc6c6ccccc6c5c4)cc3c12. The molecule has 2 aromatic heterocycles. The molecule has 11 rings (SSSR count). The Morgan fingerprint density at radius 3 is 1.77 bits per heavy atom. The van der Waals surface area contributed by atoms with Crippen molar-refractivity contribution < 1.29 is 4.42 Å². The molecule has 2 heterocycles. The maximum atomic E-state index is 6.08. The summed E-state index contributed by atoms with van der Waals surface area (Å²) in [7, 11) is 1.68. The number of hydrogen-bond donors (Lipinski definition) is 2. The maximum absolute atomic E-state index is 6.08. The molecule has 0 unspecified atom stereocenters. The highest BCUT2D eigenvalue weighted by Gasteiger charge is 2.13. The zero-order valence-corrected chi connectivity index (χ0v) is 32.7. The monoisotopic (exact) mass is 755 g/mol. The van der Waals surface area contributed by atoms with Gasteiger partial charge in [0.25, 0.3) is 0 Å². The zero-order chi connectivity index (χ0) is 38.9. The van der Waals surface area contributed by atoms with Gasteiger partial charge in [-0.3, -0.25) is 4.99 Å². The van der Waals surface area contributed by atoms with Crippen LogP contribution in [-0.2, 0) is 6.54 Å². The van der Waals surface area contributed by atoms with Gasteiger partial charge in [-0.05, 0) is 98.4 Å². The Labute approximate surface area is 335 Å². The number of furan rings is 1. The van der Waals surface area contributed by atoms with E-state index in [1.54, 1.807) is 7.05 Å². The molecule has 276 valence electrons. The minimum Gasteiger partial charge on any atom is -0.456 e. The molecule has 0 saturated carbocycles. The summed E-state index contributed by atoms with van der Waals surface area (Å²) in [5.41, 5.74) is 19.5. The number of benzene rings is 9. The van der Waals surface area contributed by atoms with Crippen LogP contribution in [-0.4, -0.2) is 12.9 Å². The number of thiophene rings is 1. The molecule has 0 radical (unpaired) electrons. The van der Waals surface area contributed by atoms with Crippen LogP contribution in [0.5, 0.6) is 0 Å². The van der Waals surface area contributed by atoms with Crippen molar-refractivity contribution in [2.24, 2.45) is 16.5 Å². The molecule has 0 aliphatic rings. The van der Waals surface area contributed by atoms with Crippen molar-refractivity contribution in [1.82, 2.24) is 0 Å². The van der Waals surface area contributed by atoms with Gasteiger partial charge >= 0.3 is 0 Å². The smallest absolute Gasteiger partial charge is 0.135 e. The summed E-state index contributed by atoms with van der Waals surface area (Å²) in [4.78, 5) is 3.85. The fourth-order valence-corrected chi connectivity index (χ4v) is 9.05. The predicted octanol–water partition coefficient (Wildman–Crippen LogP) is 13.6. The average Bonchev–Trinajstić information content (AvgIpc) is 3.84. The lowest BCUT2D eigenvalue weighted by molar-refractivity contribution is 0.669. The van der Waals surface area contributed by atoms with Gasteiger partial charge in [-0.25, -0.2) is 0 Å². The molecular weight excluding hydrogens is 715 g/mol. The number of amidine groups is 1. The molecule has 0 saturated heterocycles. The van der Waals surface area contributed by atoms with E-state index in [2.05, 4.69) is 133 Å². The highest BCUT2D eigenvalue weighted by atomic mass is 32.1. The second-order valence-electron chi connectivity index (χ2n) is 14.2. The van der Waals surface area contributed by atoms with Crippen molar-refractivity contribution in [3.63, 3.8) is 0 Å². The van der Waals surface area contributed by atoms with Gasteiger partial charge in [0.05, 0.1) is 0 Å². The van der Waals surface area contributed by atoms with Crippen LogP contribution >= 0.6 is 11.3 Å². The van der Waals surface area contributed by atoms with E-state index in [4.69, 9.17) is 15.9 Å². The topological polar surface area (TPSA) is 77.5 Å². The molecule has 0 atom stereocenters. The van der Waals surface area contributed by atoms with Gasteiger partial charge in [0.2, 0.25) is 0 Å². The molecule has 4 nitrogen and oxygen atoms in total. The van der Waals surface area contributed by atoms with E-state index in [0.717, 1.165) is 16.7 Å². The lowest BCUT2D eigenvalue weighted by Crippen LogP contribution is -2.12. The molecule has 0 amide bonds. The Morgan fingerprint density at radius 1 is 0.509 bits per heavy atom. The van der Waals surface area contributed by atoms with Gasteiger partial charge in [0.15, 0.2) is 0 Å². The summed E-state index contributed by atoms with van der Waals surface area (Å²) in [5.74, 6) is 0.584. The van der Waals surface area contributed by atoms with Crippen LogP contribution < -0.4 is 11.5 Å². The first kappa shape index (κ1) is 35.9. The number of hydrogen-bond acceptors (Lipinski definition) is 4. The van der Waals surface area contributed by atoms with Gasteiger partial charge in [-0.1, -0.05) is 139 Å². The Hall–Kier alpha value is -6.79. The molecule has 11 aromatic rings. The van der Waals surface area contributed by atoms with Gasteiger partial charge < -0.3 is 15.9 Å². The van der Waals surface area contributed by atoms with Crippen molar-refractivity contribution in [3.05, 3.63) is 193 Å². The summed E-state index contributed by atoms with van der Waals surface area (Å²) in [6.07, 6.45) is 0. The fourth-order valence-electron chi connectivity index (χ4n) is 7.91. The highest BCUT2D eigenvalue weighted by Crippen LogP contribution is 2.40. The van der Waals surface area contributed by atoms with Crippen LogP contribution in [0.2, 0.25) is 0 Å². The van der Waals surface area contributed by atoms with E-state index in [0.29, 0.717) is 12.4 Å². The quantitative estimate of drug-likeness (QED) is 0.107. The number of nitrogens with zero attached hydrogens (tertiary/aromatic N) is 1. The molecule has 9 aromatic carbocycles. The molecular formula is C52H41N3OS. The highest BCUT2D eigenvalue weighted by molar-refractivity contribution is 7.25. The standard InChI is InChI=1S/C31H21NS.C13H10O.C8H10N2/c32-18-21-6-5-11-30-31(21)28-17-20(13-15-29(28)33-30)19-12-14-26-24-9-2-1-7-22(24)23-8-3-4-10-25(23)27(26)16-19;1-9-6-7-13-11(8-9)10-4-2-3-5-12(10)14-13;1-10-8(9)7-5-3-2-4-6-7/h1-17H,18,32H2;2-8H,1H3;2-6H,1H3,(H2,9,10). The first-order chi connectivity index (χ1) is 28.0. The molecule has 4 N–H and O–H groups in total. The third-order valence-corrected chi connectivity index (χ3v) is 11.9. The van der Waals surface area contributed by atoms with Crippen molar-refractivity contribution in [2.75, 3.05) is 7.05 Å². The van der Waals surface area contributed by atoms with Crippen molar-refractivity contribution in [1.29, 1.82) is 0 Å². The number of aryl methyl sites for hydroxylation is 1. The summed E-state index contributed by atoms with van der Waals surface area (Å²) < 4.78 is 8.33. The van der Waals surface area contributed by atoms with E-state index in [1.807, 2.05) is 65.9 Å². The summed E-state index contributed by atoms with van der Waals surface area (Å²) in [5, 5.41) is 12.9. The van der Waals surface area contributed by atoms with Crippen LogP contribution in [0.1, 0.15) is 16.7 Å². The van der Waals surface area contributed by atoms with Crippen molar-refractivity contribution in [2.45, 2.75) is 13.5 Å².